The van der Waals surface area contributed by atoms with E-state index < -0.39 is 14.9 Å². The van der Waals surface area contributed by atoms with Gasteiger partial charge in [-0.2, -0.15) is 4.31 Å². The maximum Gasteiger partial charge on any atom is 0.293 e. The van der Waals surface area contributed by atoms with Gasteiger partial charge in [-0.15, -0.1) is 0 Å². The zero-order valence-corrected chi connectivity index (χ0v) is 15.3. The summed E-state index contributed by atoms with van der Waals surface area (Å²) in [6, 6.07) is 13.3. The molecule has 9 heteroatoms. The zero-order valence-electron chi connectivity index (χ0n) is 14.5. The van der Waals surface area contributed by atoms with Crippen molar-refractivity contribution in [3.05, 3.63) is 69.8 Å². The number of anilines is 1. The van der Waals surface area contributed by atoms with Gasteiger partial charge in [-0.3, -0.25) is 14.9 Å². The Bertz CT molecular complexity index is 939. The van der Waals surface area contributed by atoms with Crippen LogP contribution in [0.1, 0.15) is 15.9 Å². The molecule has 1 aliphatic rings. The first-order chi connectivity index (χ1) is 12.9. The largest absolute Gasteiger partial charge is 0.363 e. The highest BCUT2D eigenvalue weighted by Crippen LogP contribution is 2.30. The van der Waals surface area contributed by atoms with Crippen LogP contribution < -0.4 is 4.90 Å². The molecule has 3 rings (SSSR count). The van der Waals surface area contributed by atoms with Crippen molar-refractivity contribution in [1.29, 1.82) is 0 Å². The van der Waals surface area contributed by atoms with Crippen molar-refractivity contribution in [2.24, 2.45) is 0 Å². The van der Waals surface area contributed by atoms with E-state index in [1.807, 2.05) is 6.07 Å². The Balaban J connectivity index is 1.72. The fourth-order valence-electron chi connectivity index (χ4n) is 3.11. The van der Waals surface area contributed by atoms with Crippen molar-refractivity contribution in [3.63, 3.8) is 0 Å². The van der Waals surface area contributed by atoms with Gasteiger partial charge in [-0.25, -0.2) is 8.42 Å². The lowest BCUT2D eigenvalue weighted by molar-refractivity contribution is -0.384. The maximum atomic E-state index is 12.6. The predicted octanol–water partition coefficient (Wildman–Crippen LogP) is 2.06. The molecule has 1 saturated heterocycles. The minimum Gasteiger partial charge on any atom is -0.363 e. The van der Waals surface area contributed by atoms with Crippen molar-refractivity contribution in [3.8, 4) is 0 Å². The molecule has 0 saturated carbocycles. The van der Waals surface area contributed by atoms with E-state index in [4.69, 9.17) is 0 Å². The Kier molecular flexibility index (Phi) is 5.52. The smallest absolute Gasteiger partial charge is 0.293 e. The highest BCUT2D eigenvalue weighted by Gasteiger charge is 2.29. The van der Waals surface area contributed by atoms with Crippen molar-refractivity contribution >= 4 is 27.7 Å². The number of sulfonamides is 1. The summed E-state index contributed by atoms with van der Waals surface area (Å²) in [5, 5.41) is 11.3. The molecule has 2 aromatic carbocycles. The fraction of sp³-hybridized carbons (Fsp3) is 0.278. The molecule has 0 N–H and O–H groups in total. The van der Waals surface area contributed by atoms with Gasteiger partial charge in [-0.1, -0.05) is 30.3 Å². The summed E-state index contributed by atoms with van der Waals surface area (Å²) in [6.07, 6.45) is 0.560. The number of carbonyl (C=O) groups excluding carboxylic acids is 1. The van der Waals surface area contributed by atoms with E-state index in [2.05, 4.69) is 0 Å². The lowest BCUT2D eigenvalue weighted by Gasteiger charge is -2.35. The molecule has 0 spiro atoms. The predicted molar refractivity (Wildman–Crippen MR) is 101 cm³/mol. The molecule has 8 nitrogen and oxygen atoms in total. The van der Waals surface area contributed by atoms with Gasteiger partial charge in [0.2, 0.25) is 10.0 Å². The van der Waals surface area contributed by atoms with Gasteiger partial charge < -0.3 is 4.90 Å². The van der Waals surface area contributed by atoms with Crippen LogP contribution in [0.15, 0.2) is 48.5 Å². The van der Waals surface area contributed by atoms with Crippen LogP contribution in [0.3, 0.4) is 0 Å². The summed E-state index contributed by atoms with van der Waals surface area (Å²) in [5.74, 6) is -0.0674. The molecule has 0 radical (unpaired) electrons. The van der Waals surface area contributed by atoms with Gasteiger partial charge in [-0.05, 0) is 17.7 Å². The Labute approximate surface area is 157 Å². The van der Waals surface area contributed by atoms with Crippen LogP contribution in [-0.4, -0.2) is 50.1 Å². The molecule has 27 heavy (non-hydrogen) atoms. The van der Waals surface area contributed by atoms with Crippen molar-refractivity contribution < 1.29 is 18.1 Å². The quantitative estimate of drug-likeness (QED) is 0.426. The van der Waals surface area contributed by atoms with E-state index in [9.17, 15) is 23.3 Å². The van der Waals surface area contributed by atoms with E-state index in [1.54, 1.807) is 29.2 Å². The molecule has 142 valence electrons. The average Bonchev–Trinajstić information content (AvgIpc) is 2.68. The van der Waals surface area contributed by atoms with Crippen molar-refractivity contribution in [2.45, 2.75) is 5.75 Å². The van der Waals surface area contributed by atoms with E-state index in [0.717, 1.165) is 5.56 Å². The van der Waals surface area contributed by atoms with Crippen molar-refractivity contribution in [1.82, 2.24) is 4.31 Å². The number of rotatable bonds is 6. The van der Waals surface area contributed by atoms with Gasteiger partial charge in [0.1, 0.15) is 12.0 Å². The van der Waals surface area contributed by atoms with Crippen LogP contribution in [0.25, 0.3) is 0 Å². The monoisotopic (exact) mass is 389 g/mol. The number of aldehydes is 1. The molecule has 0 aliphatic carbocycles. The second-order valence-electron chi connectivity index (χ2n) is 6.25. The molecule has 1 aliphatic heterocycles. The van der Waals surface area contributed by atoms with Crippen LogP contribution in [0.5, 0.6) is 0 Å². The molecule has 1 fully saturated rings. The first-order valence-electron chi connectivity index (χ1n) is 8.41. The van der Waals surface area contributed by atoms with Crippen LogP contribution in [-0.2, 0) is 15.8 Å². The van der Waals surface area contributed by atoms with Gasteiger partial charge in [0.05, 0.1) is 10.7 Å². The second kappa shape index (κ2) is 7.85. The van der Waals surface area contributed by atoms with Crippen LogP contribution in [0.2, 0.25) is 0 Å². The minimum absolute atomic E-state index is 0.0674. The van der Waals surface area contributed by atoms with E-state index in [-0.39, 0.29) is 30.1 Å². The number of hydrogen-bond donors (Lipinski definition) is 0. The maximum absolute atomic E-state index is 12.6. The standard InChI is InChI=1S/C18H19N3O5S/c22-13-16-6-7-17(18(12-16)21(23)24)19-8-10-20(11-9-19)27(25,26)14-15-4-2-1-3-5-15/h1-7,12-13H,8-11,14H2. The number of piperazine rings is 1. The Morgan fingerprint density at radius 3 is 2.30 bits per heavy atom. The van der Waals surface area contributed by atoms with E-state index in [0.29, 0.717) is 25.1 Å². The lowest BCUT2D eigenvalue weighted by atomic mass is 10.1. The second-order valence-corrected chi connectivity index (χ2v) is 8.22. The number of carbonyl (C=O) groups is 1. The Morgan fingerprint density at radius 2 is 1.70 bits per heavy atom. The molecule has 2 aromatic rings. The third-order valence-electron chi connectivity index (χ3n) is 4.50. The third-order valence-corrected chi connectivity index (χ3v) is 6.35. The van der Waals surface area contributed by atoms with Crippen LogP contribution >= 0.6 is 0 Å². The molecule has 0 aromatic heterocycles. The zero-order chi connectivity index (χ0) is 19.4. The highest BCUT2D eigenvalue weighted by molar-refractivity contribution is 7.88. The number of benzene rings is 2. The Hall–Kier alpha value is -2.78. The molecule has 0 atom stereocenters. The average molecular weight is 389 g/mol. The number of nitrogens with zero attached hydrogens (tertiary/aromatic N) is 3. The molecular formula is C18H19N3O5S. The number of nitro groups is 1. The van der Waals surface area contributed by atoms with E-state index >= 15 is 0 Å². The lowest BCUT2D eigenvalue weighted by Crippen LogP contribution is -2.49. The third kappa shape index (κ3) is 4.32. The number of hydrogen-bond acceptors (Lipinski definition) is 6. The molecule has 0 amide bonds. The van der Waals surface area contributed by atoms with E-state index in [1.165, 1.54) is 22.5 Å². The summed E-state index contributed by atoms with van der Waals surface area (Å²) in [7, 11) is -3.45. The molecule has 0 unspecified atom stereocenters. The SMILES string of the molecule is O=Cc1ccc(N2CCN(S(=O)(=O)Cc3ccccc3)CC2)c([N+](=O)[O-])c1. The van der Waals surface area contributed by atoms with Gasteiger partial charge >= 0.3 is 0 Å². The molecule has 1 heterocycles. The normalized spacial score (nSPS) is 15.5. The number of nitro benzene ring substituents is 1. The highest BCUT2D eigenvalue weighted by atomic mass is 32.2. The van der Waals surface area contributed by atoms with Gasteiger partial charge in [0, 0.05) is 37.8 Å². The topological polar surface area (TPSA) is 101 Å². The summed E-state index contributed by atoms with van der Waals surface area (Å²) in [5.41, 5.74) is 1.19. The Morgan fingerprint density at radius 1 is 1.04 bits per heavy atom. The minimum atomic E-state index is -3.45. The molecule has 0 bridgehead atoms. The fourth-order valence-corrected chi connectivity index (χ4v) is 4.63. The first-order valence-corrected chi connectivity index (χ1v) is 10.0. The summed E-state index contributed by atoms with van der Waals surface area (Å²) >= 11 is 0. The summed E-state index contributed by atoms with van der Waals surface area (Å²) in [4.78, 5) is 23.4. The van der Waals surface area contributed by atoms with Gasteiger partial charge in [0.25, 0.3) is 5.69 Å². The van der Waals surface area contributed by atoms with Crippen molar-refractivity contribution in [2.75, 3.05) is 31.1 Å². The van der Waals surface area contributed by atoms with Gasteiger partial charge in [0.15, 0.2) is 0 Å². The van der Waals surface area contributed by atoms with Crippen LogP contribution in [0, 0.1) is 10.1 Å². The van der Waals surface area contributed by atoms with Crippen LogP contribution in [0.4, 0.5) is 11.4 Å². The first kappa shape index (κ1) is 19.0. The molecular weight excluding hydrogens is 370 g/mol. The summed E-state index contributed by atoms with van der Waals surface area (Å²) < 4.78 is 26.7. The summed E-state index contributed by atoms with van der Waals surface area (Å²) in [6.45, 7) is 1.19.